The molecule has 0 spiro atoms. The van der Waals surface area contributed by atoms with Crippen molar-refractivity contribution in [2.24, 2.45) is 5.10 Å². The molecule has 3 aromatic carbocycles. The predicted octanol–water partition coefficient (Wildman–Crippen LogP) is 5.87. The summed E-state index contributed by atoms with van der Waals surface area (Å²) >= 11 is 3.55. The second-order valence-electron chi connectivity index (χ2n) is 7.75. The van der Waals surface area contributed by atoms with Crippen molar-refractivity contribution in [2.45, 2.75) is 6.92 Å². The zero-order chi connectivity index (χ0) is 25.2. The van der Waals surface area contributed by atoms with Crippen molar-refractivity contribution in [3.05, 3.63) is 81.1 Å². The average Bonchev–Trinajstić information content (AvgIpc) is 3.34. The van der Waals surface area contributed by atoms with Crippen LogP contribution in [0.3, 0.4) is 0 Å². The molecule has 0 bridgehead atoms. The fraction of sp³-hybridized carbons (Fsp3) is 0.148. The maximum Gasteiger partial charge on any atom is 0.282 e. The summed E-state index contributed by atoms with van der Waals surface area (Å²) in [6, 6.07) is 18.0. The van der Waals surface area contributed by atoms with Crippen LogP contribution in [0.4, 0.5) is 0 Å². The molecule has 0 fully saturated rings. The lowest BCUT2D eigenvalue weighted by Crippen LogP contribution is -2.20. The van der Waals surface area contributed by atoms with Gasteiger partial charge in [-0.2, -0.15) is 9.78 Å². The Bertz CT molecular complexity index is 1670. The van der Waals surface area contributed by atoms with Crippen molar-refractivity contribution in [2.75, 3.05) is 20.8 Å². The number of hydrogen-bond donors (Lipinski definition) is 0. The number of aromatic nitrogens is 2. The summed E-state index contributed by atoms with van der Waals surface area (Å²) in [7, 11) is 3.17. The van der Waals surface area contributed by atoms with Gasteiger partial charge < -0.3 is 18.6 Å². The molecule has 0 atom stereocenters. The van der Waals surface area contributed by atoms with E-state index < -0.39 is 0 Å². The smallest absolute Gasteiger partial charge is 0.282 e. The Hall–Kier alpha value is -4.11. The Kier molecular flexibility index (Phi) is 6.47. The van der Waals surface area contributed by atoms with E-state index >= 15 is 0 Å². The monoisotopic (exact) mass is 547 g/mol. The minimum Gasteiger partial charge on any atom is -0.496 e. The van der Waals surface area contributed by atoms with Crippen molar-refractivity contribution < 1.29 is 18.6 Å². The molecule has 5 aromatic rings. The maximum absolute atomic E-state index is 13.5. The van der Waals surface area contributed by atoms with Crippen LogP contribution in [0.1, 0.15) is 12.5 Å². The Morgan fingerprint density at radius 1 is 1.00 bits per heavy atom. The van der Waals surface area contributed by atoms with Crippen LogP contribution in [0.15, 0.2) is 79.4 Å². The summed E-state index contributed by atoms with van der Waals surface area (Å²) in [5.41, 5.74) is 1.52. The predicted molar refractivity (Wildman–Crippen MR) is 143 cm³/mol. The molecule has 8 nitrogen and oxygen atoms in total. The Balaban J connectivity index is 1.71. The second kappa shape index (κ2) is 9.87. The number of rotatable bonds is 7. The summed E-state index contributed by atoms with van der Waals surface area (Å²) in [6.07, 6.45) is 1.57. The number of benzene rings is 3. The first-order chi connectivity index (χ1) is 17.5. The Morgan fingerprint density at radius 2 is 1.81 bits per heavy atom. The molecule has 36 heavy (non-hydrogen) atoms. The van der Waals surface area contributed by atoms with E-state index in [1.807, 2.05) is 31.2 Å². The van der Waals surface area contributed by atoms with E-state index in [1.165, 1.54) is 4.68 Å². The average molecular weight is 548 g/mol. The standard InChI is InChI=1S/C27H22BrN3O5/c1-4-35-24-12-16(19(28)14-23(24)34-3)15-29-31-26(30-20-9-6-5-8-17(20)27(31)32)25-13-18-21(33-2)10-7-11-22(18)36-25/h5-15H,4H2,1-3H3. The number of furan rings is 1. The van der Waals surface area contributed by atoms with Crippen molar-refractivity contribution in [3.63, 3.8) is 0 Å². The molecule has 0 aliphatic heterocycles. The van der Waals surface area contributed by atoms with Crippen LogP contribution in [0.25, 0.3) is 33.5 Å². The summed E-state index contributed by atoms with van der Waals surface area (Å²) < 4.78 is 24.6. The van der Waals surface area contributed by atoms with Gasteiger partial charge >= 0.3 is 0 Å². The van der Waals surface area contributed by atoms with Gasteiger partial charge in [-0.3, -0.25) is 4.79 Å². The lowest BCUT2D eigenvalue weighted by Gasteiger charge is -2.11. The van der Waals surface area contributed by atoms with Gasteiger partial charge in [-0.05, 0) is 65.3 Å². The Labute approximate surface area is 214 Å². The quantitative estimate of drug-likeness (QED) is 0.237. The molecule has 0 amide bonds. The van der Waals surface area contributed by atoms with Gasteiger partial charge in [-0.1, -0.05) is 18.2 Å². The lowest BCUT2D eigenvalue weighted by atomic mass is 10.2. The molecule has 0 aliphatic carbocycles. The molecule has 2 heterocycles. The van der Waals surface area contributed by atoms with E-state index in [0.717, 1.165) is 9.86 Å². The normalized spacial score (nSPS) is 11.4. The molecule has 0 saturated heterocycles. The van der Waals surface area contributed by atoms with E-state index in [9.17, 15) is 4.79 Å². The largest absolute Gasteiger partial charge is 0.496 e. The van der Waals surface area contributed by atoms with Gasteiger partial charge in [0.25, 0.3) is 5.56 Å². The molecule has 0 N–H and O–H groups in total. The van der Waals surface area contributed by atoms with Crippen molar-refractivity contribution in [3.8, 4) is 28.8 Å². The van der Waals surface area contributed by atoms with Crippen LogP contribution in [-0.4, -0.2) is 36.7 Å². The zero-order valence-electron chi connectivity index (χ0n) is 19.8. The third kappa shape index (κ3) is 4.22. The van der Waals surface area contributed by atoms with Crippen LogP contribution in [-0.2, 0) is 0 Å². The van der Waals surface area contributed by atoms with E-state index in [1.54, 1.807) is 56.8 Å². The highest BCUT2D eigenvalue weighted by Gasteiger charge is 2.18. The van der Waals surface area contributed by atoms with Crippen molar-refractivity contribution >= 4 is 44.0 Å². The fourth-order valence-corrected chi connectivity index (χ4v) is 4.33. The highest BCUT2D eigenvalue weighted by atomic mass is 79.9. The molecular weight excluding hydrogens is 526 g/mol. The van der Waals surface area contributed by atoms with Gasteiger partial charge in [-0.15, -0.1) is 0 Å². The third-order valence-corrected chi connectivity index (χ3v) is 6.30. The summed E-state index contributed by atoms with van der Waals surface area (Å²) in [4.78, 5) is 18.2. The SMILES string of the molecule is CCOc1cc(C=Nn2c(-c3cc4c(OC)cccc4o3)nc3ccccc3c2=O)c(Br)cc1OC. The molecule has 0 saturated carbocycles. The summed E-state index contributed by atoms with van der Waals surface area (Å²) in [5, 5.41) is 5.74. The minimum atomic E-state index is -0.325. The van der Waals surface area contributed by atoms with E-state index in [0.29, 0.717) is 51.7 Å². The molecule has 182 valence electrons. The van der Waals surface area contributed by atoms with Crippen LogP contribution in [0, 0.1) is 0 Å². The third-order valence-electron chi connectivity index (χ3n) is 5.61. The number of ether oxygens (including phenoxy) is 3. The molecular formula is C27H22BrN3O5. The van der Waals surface area contributed by atoms with Crippen LogP contribution < -0.4 is 19.8 Å². The summed E-state index contributed by atoms with van der Waals surface area (Å²) in [5.74, 6) is 2.47. The number of methoxy groups -OCH3 is 2. The molecule has 0 unspecified atom stereocenters. The van der Waals surface area contributed by atoms with E-state index in [-0.39, 0.29) is 11.4 Å². The summed E-state index contributed by atoms with van der Waals surface area (Å²) in [6.45, 7) is 2.37. The van der Waals surface area contributed by atoms with Gasteiger partial charge in [0.1, 0.15) is 11.3 Å². The first-order valence-electron chi connectivity index (χ1n) is 11.2. The molecule has 9 heteroatoms. The topological polar surface area (TPSA) is 88.1 Å². The van der Waals surface area contributed by atoms with Crippen LogP contribution >= 0.6 is 15.9 Å². The van der Waals surface area contributed by atoms with Crippen molar-refractivity contribution in [1.82, 2.24) is 9.66 Å². The van der Waals surface area contributed by atoms with Gasteiger partial charge in [0.2, 0.25) is 5.82 Å². The van der Waals surface area contributed by atoms with Crippen molar-refractivity contribution in [1.29, 1.82) is 0 Å². The van der Waals surface area contributed by atoms with Crippen LogP contribution in [0.5, 0.6) is 17.2 Å². The lowest BCUT2D eigenvalue weighted by molar-refractivity contribution is 0.311. The number of para-hydroxylation sites is 1. The zero-order valence-corrected chi connectivity index (χ0v) is 21.4. The number of halogens is 1. The highest BCUT2D eigenvalue weighted by Crippen LogP contribution is 2.34. The van der Waals surface area contributed by atoms with Crippen LogP contribution in [0.2, 0.25) is 0 Å². The van der Waals surface area contributed by atoms with Gasteiger partial charge in [-0.25, -0.2) is 4.98 Å². The number of fused-ring (bicyclic) bond motifs is 2. The minimum absolute atomic E-state index is 0.267. The molecule has 0 aliphatic rings. The molecule has 0 radical (unpaired) electrons. The van der Waals surface area contributed by atoms with E-state index in [2.05, 4.69) is 21.0 Å². The first-order valence-corrected chi connectivity index (χ1v) is 12.0. The first kappa shape index (κ1) is 23.6. The van der Waals surface area contributed by atoms with Gasteiger partial charge in [0, 0.05) is 10.0 Å². The molecule has 5 rings (SSSR count). The van der Waals surface area contributed by atoms with Gasteiger partial charge in [0.05, 0.1) is 43.3 Å². The fourth-order valence-electron chi connectivity index (χ4n) is 3.91. The Morgan fingerprint density at radius 3 is 2.58 bits per heavy atom. The second-order valence-corrected chi connectivity index (χ2v) is 8.61. The van der Waals surface area contributed by atoms with Gasteiger partial charge in [0.15, 0.2) is 17.3 Å². The number of hydrogen-bond acceptors (Lipinski definition) is 7. The molecule has 2 aromatic heterocycles. The number of nitrogens with zero attached hydrogens (tertiary/aromatic N) is 3. The van der Waals surface area contributed by atoms with E-state index in [4.69, 9.17) is 23.6 Å². The maximum atomic E-state index is 13.5. The highest BCUT2D eigenvalue weighted by molar-refractivity contribution is 9.10.